The molecule has 2 unspecified atom stereocenters. The van der Waals surface area contributed by atoms with Gasteiger partial charge in [-0.15, -0.1) is 0 Å². The van der Waals surface area contributed by atoms with Crippen molar-refractivity contribution in [3.63, 3.8) is 0 Å². The van der Waals surface area contributed by atoms with Gasteiger partial charge in [-0.1, -0.05) is 17.7 Å². The highest BCUT2D eigenvalue weighted by Crippen LogP contribution is 2.25. The second-order valence-electron chi connectivity index (χ2n) is 5.16. The average Bonchev–Trinajstić information content (AvgIpc) is 2.86. The van der Waals surface area contributed by atoms with E-state index in [1.165, 1.54) is 6.42 Å². The van der Waals surface area contributed by atoms with E-state index >= 15 is 0 Å². The highest BCUT2D eigenvalue weighted by molar-refractivity contribution is 6.32. The van der Waals surface area contributed by atoms with E-state index in [9.17, 15) is 0 Å². The highest BCUT2D eigenvalue weighted by atomic mass is 35.5. The van der Waals surface area contributed by atoms with Gasteiger partial charge in [-0.2, -0.15) is 0 Å². The van der Waals surface area contributed by atoms with Crippen LogP contribution in [0.25, 0.3) is 0 Å². The summed E-state index contributed by atoms with van der Waals surface area (Å²) in [6.07, 6.45) is 2.79. The van der Waals surface area contributed by atoms with Crippen LogP contribution in [0.1, 0.15) is 25.3 Å². The number of aryl methyl sites for hydroxylation is 1. The summed E-state index contributed by atoms with van der Waals surface area (Å²) < 4.78 is 11.4. The average molecular weight is 284 g/mol. The van der Waals surface area contributed by atoms with Crippen LogP contribution >= 0.6 is 11.6 Å². The molecule has 2 rings (SSSR count). The van der Waals surface area contributed by atoms with Crippen LogP contribution < -0.4 is 10.1 Å². The molecule has 0 saturated carbocycles. The van der Waals surface area contributed by atoms with Gasteiger partial charge in [0, 0.05) is 19.7 Å². The van der Waals surface area contributed by atoms with Crippen molar-refractivity contribution in [2.75, 3.05) is 19.7 Å². The summed E-state index contributed by atoms with van der Waals surface area (Å²) >= 11 is 6.15. The Morgan fingerprint density at radius 3 is 3.05 bits per heavy atom. The van der Waals surface area contributed by atoms with Crippen molar-refractivity contribution in [2.24, 2.45) is 0 Å². The van der Waals surface area contributed by atoms with E-state index in [4.69, 9.17) is 21.1 Å². The first-order chi connectivity index (χ1) is 9.15. The molecule has 1 aliphatic rings. The van der Waals surface area contributed by atoms with Crippen LogP contribution in [0.2, 0.25) is 5.02 Å². The molecule has 4 heteroatoms. The third-order valence-electron chi connectivity index (χ3n) is 3.24. The molecule has 0 amide bonds. The summed E-state index contributed by atoms with van der Waals surface area (Å²) in [7, 11) is 0. The maximum atomic E-state index is 6.15. The molecular formula is C15H22ClNO2. The molecule has 1 aromatic carbocycles. The number of ether oxygens (including phenoxy) is 2. The van der Waals surface area contributed by atoms with Crippen LogP contribution in [0.15, 0.2) is 18.2 Å². The van der Waals surface area contributed by atoms with E-state index in [-0.39, 0.29) is 6.10 Å². The van der Waals surface area contributed by atoms with Crippen LogP contribution in [-0.4, -0.2) is 31.9 Å². The molecular weight excluding hydrogens is 262 g/mol. The quantitative estimate of drug-likeness (QED) is 0.870. The minimum Gasteiger partial charge on any atom is -0.488 e. The van der Waals surface area contributed by atoms with Crippen molar-refractivity contribution < 1.29 is 9.47 Å². The number of benzene rings is 1. The van der Waals surface area contributed by atoms with Gasteiger partial charge in [0.2, 0.25) is 0 Å². The third-order valence-corrected chi connectivity index (χ3v) is 3.54. The number of hydrogen-bond acceptors (Lipinski definition) is 3. The maximum absolute atomic E-state index is 6.15. The van der Waals surface area contributed by atoms with E-state index in [1.807, 2.05) is 32.0 Å². The first-order valence-electron chi connectivity index (χ1n) is 6.90. The number of nitrogens with one attached hydrogen (secondary N) is 1. The molecule has 1 aliphatic heterocycles. The molecule has 1 heterocycles. The SMILES string of the molecule is Cc1ccc(OC(C)CNCC2CCCO2)c(Cl)c1. The Kier molecular flexibility index (Phi) is 5.49. The van der Waals surface area contributed by atoms with Gasteiger partial charge < -0.3 is 14.8 Å². The molecule has 1 N–H and O–H groups in total. The highest BCUT2D eigenvalue weighted by Gasteiger charge is 2.15. The molecule has 2 atom stereocenters. The Bertz CT molecular complexity index is 405. The van der Waals surface area contributed by atoms with Crippen molar-refractivity contribution in [1.29, 1.82) is 0 Å². The molecule has 1 saturated heterocycles. The first-order valence-corrected chi connectivity index (χ1v) is 7.28. The zero-order chi connectivity index (χ0) is 13.7. The number of rotatable bonds is 6. The minimum absolute atomic E-state index is 0.0848. The van der Waals surface area contributed by atoms with Gasteiger partial charge in [0.1, 0.15) is 11.9 Å². The lowest BCUT2D eigenvalue weighted by molar-refractivity contribution is 0.106. The lowest BCUT2D eigenvalue weighted by atomic mass is 10.2. The molecule has 106 valence electrons. The van der Waals surface area contributed by atoms with E-state index in [0.717, 1.165) is 37.4 Å². The Balaban J connectivity index is 1.72. The van der Waals surface area contributed by atoms with E-state index in [0.29, 0.717) is 11.1 Å². The van der Waals surface area contributed by atoms with Gasteiger partial charge in [-0.05, 0) is 44.4 Å². The molecule has 0 aromatic heterocycles. The third kappa shape index (κ3) is 4.68. The summed E-state index contributed by atoms with van der Waals surface area (Å²) in [4.78, 5) is 0. The summed E-state index contributed by atoms with van der Waals surface area (Å²) in [6.45, 7) is 6.65. The van der Waals surface area contributed by atoms with Crippen molar-refractivity contribution in [2.45, 2.75) is 38.9 Å². The van der Waals surface area contributed by atoms with Crippen LogP contribution in [0.3, 0.4) is 0 Å². The van der Waals surface area contributed by atoms with Gasteiger partial charge in [0.15, 0.2) is 0 Å². The Morgan fingerprint density at radius 2 is 2.37 bits per heavy atom. The predicted molar refractivity (Wildman–Crippen MR) is 78.1 cm³/mol. The van der Waals surface area contributed by atoms with Crippen LogP contribution in [0.5, 0.6) is 5.75 Å². The second-order valence-corrected chi connectivity index (χ2v) is 5.56. The molecule has 3 nitrogen and oxygen atoms in total. The Labute approximate surface area is 120 Å². The van der Waals surface area contributed by atoms with Gasteiger partial charge in [-0.3, -0.25) is 0 Å². The first kappa shape index (κ1) is 14.6. The summed E-state index contributed by atoms with van der Waals surface area (Å²) in [5, 5.41) is 4.06. The van der Waals surface area contributed by atoms with Gasteiger partial charge in [0.25, 0.3) is 0 Å². The Morgan fingerprint density at radius 1 is 1.53 bits per heavy atom. The summed E-state index contributed by atoms with van der Waals surface area (Å²) in [6, 6.07) is 5.85. The fraction of sp³-hybridized carbons (Fsp3) is 0.600. The van der Waals surface area contributed by atoms with Gasteiger partial charge in [0.05, 0.1) is 11.1 Å². The maximum Gasteiger partial charge on any atom is 0.138 e. The largest absolute Gasteiger partial charge is 0.488 e. The molecule has 1 aromatic rings. The van der Waals surface area contributed by atoms with Crippen molar-refractivity contribution in [3.8, 4) is 5.75 Å². The molecule has 19 heavy (non-hydrogen) atoms. The summed E-state index contributed by atoms with van der Waals surface area (Å²) in [5.74, 6) is 0.749. The van der Waals surface area contributed by atoms with Crippen LogP contribution in [-0.2, 0) is 4.74 Å². The molecule has 0 radical (unpaired) electrons. The zero-order valence-electron chi connectivity index (χ0n) is 11.6. The lowest BCUT2D eigenvalue weighted by Crippen LogP contribution is -2.34. The molecule has 0 spiro atoms. The lowest BCUT2D eigenvalue weighted by Gasteiger charge is -2.18. The zero-order valence-corrected chi connectivity index (χ0v) is 12.4. The van der Waals surface area contributed by atoms with Gasteiger partial charge in [-0.25, -0.2) is 0 Å². The van der Waals surface area contributed by atoms with Crippen molar-refractivity contribution in [3.05, 3.63) is 28.8 Å². The van der Waals surface area contributed by atoms with Gasteiger partial charge >= 0.3 is 0 Å². The van der Waals surface area contributed by atoms with E-state index in [2.05, 4.69) is 5.32 Å². The minimum atomic E-state index is 0.0848. The van der Waals surface area contributed by atoms with E-state index in [1.54, 1.807) is 0 Å². The fourth-order valence-corrected chi connectivity index (χ4v) is 2.49. The normalized spacial score (nSPS) is 20.5. The van der Waals surface area contributed by atoms with Crippen LogP contribution in [0, 0.1) is 6.92 Å². The Hall–Kier alpha value is -0.770. The van der Waals surface area contributed by atoms with Crippen LogP contribution in [0.4, 0.5) is 0 Å². The number of hydrogen-bond donors (Lipinski definition) is 1. The standard InChI is InChI=1S/C15H22ClNO2/c1-11-5-6-15(14(16)8-11)19-12(2)9-17-10-13-4-3-7-18-13/h5-6,8,12-13,17H,3-4,7,9-10H2,1-2H3. The molecule has 1 fully saturated rings. The molecule has 0 aliphatic carbocycles. The van der Waals surface area contributed by atoms with Crippen molar-refractivity contribution >= 4 is 11.6 Å². The topological polar surface area (TPSA) is 30.5 Å². The van der Waals surface area contributed by atoms with Crippen molar-refractivity contribution in [1.82, 2.24) is 5.32 Å². The monoisotopic (exact) mass is 283 g/mol. The fourth-order valence-electron chi connectivity index (χ4n) is 2.21. The number of halogens is 1. The summed E-state index contributed by atoms with van der Waals surface area (Å²) in [5.41, 5.74) is 1.14. The molecule has 0 bridgehead atoms. The second kappa shape index (κ2) is 7.13. The van der Waals surface area contributed by atoms with E-state index < -0.39 is 0 Å². The predicted octanol–water partition coefficient (Wildman–Crippen LogP) is 3.18. The smallest absolute Gasteiger partial charge is 0.138 e.